The zero-order chi connectivity index (χ0) is 33.0. The Morgan fingerprint density at radius 3 is 1.74 bits per heavy atom. The number of aromatic nitrogens is 4. The number of para-hydroxylation sites is 4. The van der Waals surface area contributed by atoms with E-state index in [2.05, 4.69) is 179 Å². The van der Waals surface area contributed by atoms with E-state index in [1.54, 1.807) is 0 Å². The molecule has 4 nitrogen and oxygen atoms in total. The lowest BCUT2D eigenvalue weighted by molar-refractivity contribution is 1.10. The Kier molecular flexibility index (Phi) is 6.46. The Balaban J connectivity index is 1.17. The molecule has 0 aliphatic rings. The van der Waals surface area contributed by atoms with Crippen LogP contribution < -0.4 is 0 Å². The van der Waals surface area contributed by atoms with Gasteiger partial charge in [-0.2, -0.15) is 0 Å². The van der Waals surface area contributed by atoms with Gasteiger partial charge in [0.05, 0.1) is 27.9 Å². The van der Waals surface area contributed by atoms with Crippen molar-refractivity contribution >= 4 is 38.4 Å². The molecule has 3 aromatic heterocycles. The zero-order valence-corrected chi connectivity index (χ0v) is 27.1. The van der Waals surface area contributed by atoms with Crippen LogP contribution in [0.2, 0.25) is 0 Å². The first kappa shape index (κ1) is 28.3. The summed E-state index contributed by atoms with van der Waals surface area (Å²) in [4.78, 5) is 10.5. The van der Waals surface area contributed by atoms with Gasteiger partial charge in [0, 0.05) is 33.2 Å². The molecule has 10 rings (SSSR count). The predicted octanol–water partition coefficient (Wildman–Crippen LogP) is 11.6. The van der Waals surface area contributed by atoms with Crippen molar-refractivity contribution in [3.05, 3.63) is 182 Å². The Hall–Kier alpha value is -6.78. The molecule has 3 heterocycles. The van der Waals surface area contributed by atoms with Crippen LogP contribution in [0.15, 0.2) is 182 Å². The summed E-state index contributed by atoms with van der Waals surface area (Å²) in [6, 6.07) is 64.2. The van der Waals surface area contributed by atoms with E-state index in [-0.39, 0.29) is 0 Å². The molecule has 234 valence electrons. The van der Waals surface area contributed by atoms with Crippen LogP contribution in [0.3, 0.4) is 0 Å². The molecular formula is C46H30N4. The van der Waals surface area contributed by atoms with E-state index in [0.29, 0.717) is 0 Å². The molecule has 0 aliphatic carbocycles. The third-order valence-electron chi connectivity index (χ3n) is 9.72. The van der Waals surface area contributed by atoms with Crippen molar-refractivity contribution in [1.29, 1.82) is 0 Å². The van der Waals surface area contributed by atoms with E-state index in [1.165, 1.54) is 10.8 Å². The molecule has 0 amide bonds. The minimum Gasteiger partial charge on any atom is -0.292 e. The second-order valence-electron chi connectivity index (χ2n) is 12.7. The molecule has 0 fully saturated rings. The molecule has 7 aromatic carbocycles. The highest BCUT2D eigenvalue weighted by Crippen LogP contribution is 2.40. The molecule has 0 aliphatic heterocycles. The largest absolute Gasteiger partial charge is 0.292 e. The Morgan fingerprint density at radius 2 is 0.980 bits per heavy atom. The molecule has 0 saturated heterocycles. The SMILES string of the molecule is c1ccc(-c2nc3c4cc(-c5ccc(-c6nc7ccccc7n6-c6ccccc6)cc5)ccc4c4ccccc4n3c2-c2ccccc2)cc1. The number of rotatable bonds is 5. The summed E-state index contributed by atoms with van der Waals surface area (Å²) in [6.07, 6.45) is 0. The first-order valence-corrected chi connectivity index (χ1v) is 16.9. The van der Waals surface area contributed by atoms with Gasteiger partial charge in [-0.1, -0.05) is 146 Å². The first-order valence-electron chi connectivity index (χ1n) is 16.9. The Labute approximate surface area is 289 Å². The predicted molar refractivity (Wildman–Crippen MR) is 207 cm³/mol. The summed E-state index contributed by atoms with van der Waals surface area (Å²) in [7, 11) is 0. The molecule has 0 N–H and O–H groups in total. The third-order valence-corrected chi connectivity index (χ3v) is 9.72. The fourth-order valence-corrected chi connectivity index (χ4v) is 7.40. The summed E-state index contributed by atoms with van der Waals surface area (Å²) in [5.41, 5.74) is 12.9. The monoisotopic (exact) mass is 638 g/mol. The minimum atomic E-state index is 0.926. The van der Waals surface area contributed by atoms with E-state index in [4.69, 9.17) is 9.97 Å². The van der Waals surface area contributed by atoms with Gasteiger partial charge in [0.15, 0.2) is 0 Å². The summed E-state index contributed by atoms with van der Waals surface area (Å²) in [5, 5.41) is 3.51. The molecule has 0 bridgehead atoms. The molecule has 0 spiro atoms. The minimum absolute atomic E-state index is 0.926. The molecule has 10 aromatic rings. The molecule has 0 unspecified atom stereocenters. The van der Waals surface area contributed by atoms with Crippen LogP contribution in [0.25, 0.3) is 89.1 Å². The summed E-state index contributed by atoms with van der Waals surface area (Å²) < 4.78 is 4.60. The van der Waals surface area contributed by atoms with Crippen molar-refractivity contribution in [3.8, 4) is 50.7 Å². The van der Waals surface area contributed by atoms with Gasteiger partial charge in [0.1, 0.15) is 11.5 Å². The van der Waals surface area contributed by atoms with E-state index >= 15 is 0 Å². The van der Waals surface area contributed by atoms with E-state index < -0.39 is 0 Å². The van der Waals surface area contributed by atoms with Crippen LogP contribution in [0.5, 0.6) is 0 Å². The van der Waals surface area contributed by atoms with Crippen molar-refractivity contribution in [2.45, 2.75) is 0 Å². The van der Waals surface area contributed by atoms with E-state index in [9.17, 15) is 0 Å². The number of hydrogen-bond donors (Lipinski definition) is 0. The maximum atomic E-state index is 5.44. The normalized spacial score (nSPS) is 11.6. The topological polar surface area (TPSA) is 35.1 Å². The van der Waals surface area contributed by atoms with Crippen LogP contribution in [-0.2, 0) is 0 Å². The van der Waals surface area contributed by atoms with Crippen LogP contribution in [-0.4, -0.2) is 18.9 Å². The quantitative estimate of drug-likeness (QED) is 0.176. The fourth-order valence-electron chi connectivity index (χ4n) is 7.40. The van der Waals surface area contributed by atoms with Gasteiger partial charge in [-0.05, 0) is 52.9 Å². The van der Waals surface area contributed by atoms with Gasteiger partial charge in [0.2, 0.25) is 0 Å². The molecule has 0 atom stereocenters. The van der Waals surface area contributed by atoms with Crippen molar-refractivity contribution in [2.75, 3.05) is 0 Å². The van der Waals surface area contributed by atoms with Gasteiger partial charge < -0.3 is 0 Å². The van der Waals surface area contributed by atoms with Gasteiger partial charge in [-0.25, -0.2) is 9.97 Å². The average Bonchev–Trinajstić information content (AvgIpc) is 3.79. The molecule has 4 heteroatoms. The number of nitrogens with zero attached hydrogens (tertiary/aromatic N) is 4. The van der Waals surface area contributed by atoms with Crippen LogP contribution in [0.1, 0.15) is 0 Å². The van der Waals surface area contributed by atoms with Crippen molar-refractivity contribution < 1.29 is 0 Å². The molecular weight excluding hydrogens is 609 g/mol. The van der Waals surface area contributed by atoms with E-state index in [1.807, 2.05) is 12.1 Å². The molecule has 50 heavy (non-hydrogen) atoms. The summed E-state index contributed by atoms with van der Waals surface area (Å²) >= 11 is 0. The standard InChI is InChI=1S/C46H30N4/c1-4-14-32(15-5-1)43-44(33-16-6-2-7-17-33)50-41-22-12-10-20-38(41)37-29-28-35(30-39(37)46(50)48-43)31-24-26-34(27-25-31)45-47-40-21-11-13-23-42(40)49(45)36-18-8-3-9-19-36/h1-30H. The van der Waals surface area contributed by atoms with Crippen LogP contribution in [0, 0.1) is 0 Å². The second kappa shape index (κ2) is 11.4. The summed E-state index contributed by atoms with van der Waals surface area (Å²) in [6.45, 7) is 0. The highest BCUT2D eigenvalue weighted by Gasteiger charge is 2.21. The van der Waals surface area contributed by atoms with Gasteiger partial charge in [-0.3, -0.25) is 8.97 Å². The average molecular weight is 639 g/mol. The number of fused-ring (bicyclic) bond motifs is 7. The van der Waals surface area contributed by atoms with Crippen molar-refractivity contribution in [1.82, 2.24) is 18.9 Å². The highest BCUT2D eigenvalue weighted by atomic mass is 15.1. The third kappa shape index (κ3) is 4.46. The number of imidazole rings is 2. The maximum absolute atomic E-state index is 5.44. The van der Waals surface area contributed by atoms with Crippen molar-refractivity contribution in [3.63, 3.8) is 0 Å². The Bertz CT molecular complexity index is 2830. The van der Waals surface area contributed by atoms with E-state index in [0.717, 1.165) is 78.3 Å². The van der Waals surface area contributed by atoms with Crippen molar-refractivity contribution in [2.24, 2.45) is 0 Å². The van der Waals surface area contributed by atoms with Gasteiger partial charge in [0.25, 0.3) is 0 Å². The number of benzene rings is 7. The number of hydrogen-bond acceptors (Lipinski definition) is 2. The lowest BCUT2D eigenvalue weighted by atomic mass is 9.98. The van der Waals surface area contributed by atoms with Crippen LogP contribution >= 0.6 is 0 Å². The maximum Gasteiger partial charge on any atom is 0.146 e. The zero-order valence-electron chi connectivity index (χ0n) is 27.1. The van der Waals surface area contributed by atoms with Gasteiger partial charge in [-0.15, -0.1) is 0 Å². The molecule has 0 radical (unpaired) electrons. The Morgan fingerprint density at radius 1 is 0.380 bits per heavy atom. The second-order valence-corrected chi connectivity index (χ2v) is 12.7. The lowest BCUT2D eigenvalue weighted by Gasteiger charge is -2.13. The first-order chi connectivity index (χ1) is 24.8. The van der Waals surface area contributed by atoms with Gasteiger partial charge >= 0.3 is 0 Å². The fraction of sp³-hybridized carbons (Fsp3) is 0. The lowest BCUT2D eigenvalue weighted by Crippen LogP contribution is -1.97. The molecule has 0 saturated carbocycles. The number of pyridine rings is 1. The highest BCUT2D eigenvalue weighted by molar-refractivity contribution is 6.14. The summed E-state index contributed by atoms with van der Waals surface area (Å²) in [5.74, 6) is 0.926. The van der Waals surface area contributed by atoms with Crippen LogP contribution in [0.4, 0.5) is 0 Å². The smallest absolute Gasteiger partial charge is 0.146 e.